The number of nitrogens with one attached hydrogen (secondary N) is 1. The smallest absolute Gasteiger partial charge is 0.259 e. The van der Waals surface area contributed by atoms with Gasteiger partial charge in [-0.2, -0.15) is 4.98 Å². The van der Waals surface area contributed by atoms with Crippen LogP contribution in [0.1, 0.15) is 5.56 Å². The van der Waals surface area contributed by atoms with Crippen molar-refractivity contribution in [3.63, 3.8) is 0 Å². The zero-order valence-corrected chi connectivity index (χ0v) is 16.1. The molecule has 0 bridgehead atoms. The number of methoxy groups -OCH3 is 2. The van der Waals surface area contributed by atoms with E-state index in [0.29, 0.717) is 18.3 Å². The number of benzene rings is 2. The molecule has 0 aliphatic carbocycles. The fourth-order valence-electron chi connectivity index (χ4n) is 2.80. The summed E-state index contributed by atoms with van der Waals surface area (Å²) < 4.78 is 15.8. The second-order valence-electron chi connectivity index (χ2n) is 6.29. The lowest BCUT2D eigenvalue weighted by Gasteiger charge is -2.07. The van der Waals surface area contributed by atoms with E-state index in [4.69, 9.17) is 14.0 Å². The van der Waals surface area contributed by atoms with Gasteiger partial charge in [0.15, 0.2) is 0 Å². The van der Waals surface area contributed by atoms with E-state index in [9.17, 15) is 0 Å². The molecule has 0 saturated carbocycles. The van der Waals surface area contributed by atoms with E-state index in [0.717, 1.165) is 34.0 Å². The predicted octanol–water partition coefficient (Wildman–Crippen LogP) is 4.43. The van der Waals surface area contributed by atoms with Crippen molar-refractivity contribution in [1.82, 2.24) is 15.1 Å². The van der Waals surface area contributed by atoms with Gasteiger partial charge >= 0.3 is 0 Å². The molecule has 1 N–H and O–H groups in total. The Kier molecular flexibility index (Phi) is 5.38. The van der Waals surface area contributed by atoms with Crippen molar-refractivity contribution in [3.05, 3.63) is 72.4 Å². The summed E-state index contributed by atoms with van der Waals surface area (Å²) in [7, 11) is 3.29. The molecule has 0 saturated heterocycles. The summed E-state index contributed by atoms with van der Waals surface area (Å²) in [5, 5.41) is 7.34. The maximum absolute atomic E-state index is 5.39. The molecule has 4 aromatic rings. The molecule has 146 valence electrons. The Balaban J connectivity index is 1.43. The highest BCUT2D eigenvalue weighted by atomic mass is 16.5. The van der Waals surface area contributed by atoms with Crippen LogP contribution in [0.2, 0.25) is 0 Å². The molecule has 7 nitrogen and oxygen atoms in total. The molecule has 0 aliphatic heterocycles. The average Bonchev–Trinajstić information content (AvgIpc) is 3.28. The summed E-state index contributed by atoms with van der Waals surface area (Å²) in [6.45, 7) is 0.645. The molecule has 2 aromatic heterocycles. The standard InChI is InChI=1S/C22H20N4O3/c1-27-18-9-6-16(7-10-18)21-25-22(29-26-21)17-8-11-20(24-14-17)23-13-15-4-3-5-19(12-15)28-2/h3-12,14H,13H2,1-2H3,(H,23,24). The van der Waals surface area contributed by atoms with Gasteiger partial charge in [-0.15, -0.1) is 0 Å². The zero-order valence-electron chi connectivity index (χ0n) is 16.1. The predicted molar refractivity (Wildman–Crippen MR) is 110 cm³/mol. The third-order valence-electron chi connectivity index (χ3n) is 4.39. The molecule has 0 aliphatic rings. The Morgan fingerprint density at radius 2 is 1.69 bits per heavy atom. The second-order valence-corrected chi connectivity index (χ2v) is 6.29. The molecule has 0 fully saturated rings. The number of hydrogen-bond donors (Lipinski definition) is 1. The van der Waals surface area contributed by atoms with Crippen LogP contribution in [0.3, 0.4) is 0 Å². The molecule has 29 heavy (non-hydrogen) atoms. The third-order valence-corrected chi connectivity index (χ3v) is 4.39. The van der Waals surface area contributed by atoms with E-state index >= 15 is 0 Å². The van der Waals surface area contributed by atoms with Crippen LogP contribution >= 0.6 is 0 Å². The van der Waals surface area contributed by atoms with Gasteiger partial charge in [0.2, 0.25) is 5.82 Å². The Labute approximate surface area is 168 Å². The molecule has 0 amide bonds. The molecular formula is C22H20N4O3. The minimum Gasteiger partial charge on any atom is -0.497 e. The van der Waals surface area contributed by atoms with Crippen molar-refractivity contribution < 1.29 is 14.0 Å². The van der Waals surface area contributed by atoms with Gasteiger partial charge < -0.3 is 19.3 Å². The molecule has 7 heteroatoms. The molecule has 0 unspecified atom stereocenters. The van der Waals surface area contributed by atoms with E-state index in [1.807, 2.05) is 60.7 Å². The third kappa shape index (κ3) is 4.35. The topological polar surface area (TPSA) is 82.3 Å². The van der Waals surface area contributed by atoms with Crippen LogP contribution in [0.25, 0.3) is 22.8 Å². The molecule has 0 spiro atoms. The van der Waals surface area contributed by atoms with Crippen molar-refractivity contribution in [2.75, 3.05) is 19.5 Å². The van der Waals surface area contributed by atoms with Crippen LogP contribution in [-0.2, 0) is 6.54 Å². The van der Waals surface area contributed by atoms with Gasteiger partial charge in [-0.1, -0.05) is 17.3 Å². The second kappa shape index (κ2) is 8.43. The molecular weight excluding hydrogens is 368 g/mol. The lowest BCUT2D eigenvalue weighted by Crippen LogP contribution is -2.01. The first-order valence-electron chi connectivity index (χ1n) is 9.06. The summed E-state index contributed by atoms with van der Waals surface area (Å²) >= 11 is 0. The lowest BCUT2D eigenvalue weighted by atomic mass is 10.2. The highest BCUT2D eigenvalue weighted by Crippen LogP contribution is 2.24. The summed E-state index contributed by atoms with van der Waals surface area (Å²) in [6.07, 6.45) is 1.71. The summed E-state index contributed by atoms with van der Waals surface area (Å²) in [5.74, 6) is 3.30. The monoisotopic (exact) mass is 388 g/mol. The number of pyridine rings is 1. The van der Waals surface area contributed by atoms with E-state index in [1.54, 1.807) is 20.4 Å². The SMILES string of the molecule is COc1ccc(-c2noc(-c3ccc(NCc4cccc(OC)c4)nc3)n2)cc1. The summed E-state index contributed by atoms with van der Waals surface area (Å²) in [6, 6.07) is 19.2. The number of aromatic nitrogens is 3. The molecule has 2 aromatic carbocycles. The number of rotatable bonds is 7. The normalized spacial score (nSPS) is 10.6. The zero-order chi connectivity index (χ0) is 20.1. The van der Waals surface area contributed by atoms with Crippen molar-refractivity contribution in [2.24, 2.45) is 0 Å². The first-order chi connectivity index (χ1) is 14.2. The summed E-state index contributed by atoms with van der Waals surface area (Å²) in [5.41, 5.74) is 2.71. The van der Waals surface area contributed by atoms with Crippen molar-refractivity contribution in [1.29, 1.82) is 0 Å². The van der Waals surface area contributed by atoms with Gasteiger partial charge in [0, 0.05) is 18.3 Å². The van der Waals surface area contributed by atoms with Gasteiger partial charge in [0.25, 0.3) is 5.89 Å². The lowest BCUT2D eigenvalue weighted by molar-refractivity contribution is 0.414. The van der Waals surface area contributed by atoms with Crippen LogP contribution in [0, 0.1) is 0 Å². The fraction of sp³-hybridized carbons (Fsp3) is 0.136. The first kappa shape index (κ1) is 18.5. The maximum Gasteiger partial charge on any atom is 0.259 e. The Morgan fingerprint density at radius 1 is 0.897 bits per heavy atom. The Bertz CT molecular complexity index is 1080. The maximum atomic E-state index is 5.39. The summed E-state index contributed by atoms with van der Waals surface area (Å²) in [4.78, 5) is 8.89. The fourth-order valence-corrected chi connectivity index (χ4v) is 2.80. The molecule has 0 radical (unpaired) electrons. The van der Waals surface area contributed by atoms with Crippen molar-refractivity contribution in [2.45, 2.75) is 6.54 Å². The van der Waals surface area contributed by atoms with Crippen LogP contribution in [-0.4, -0.2) is 29.3 Å². The van der Waals surface area contributed by atoms with Gasteiger partial charge in [-0.3, -0.25) is 0 Å². The van der Waals surface area contributed by atoms with Gasteiger partial charge in [-0.25, -0.2) is 4.98 Å². The van der Waals surface area contributed by atoms with Crippen molar-refractivity contribution >= 4 is 5.82 Å². The minimum atomic E-state index is 0.419. The van der Waals surface area contributed by atoms with E-state index < -0.39 is 0 Å². The average molecular weight is 388 g/mol. The number of anilines is 1. The highest BCUT2D eigenvalue weighted by Gasteiger charge is 2.11. The van der Waals surface area contributed by atoms with Gasteiger partial charge in [0.05, 0.1) is 19.8 Å². The van der Waals surface area contributed by atoms with Crippen LogP contribution in [0.15, 0.2) is 71.4 Å². The Morgan fingerprint density at radius 3 is 2.41 bits per heavy atom. The van der Waals surface area contributed by atoms with E-state index in [-0.39, 0.29) is 0 Å². The van der Waals surface area contributed by atoms with Gasteiger partial charge in [-0.05, 0) is 54.1 Å². The van der Waals surface area contributed by atoms with Crippen LogP contribution in [0.4, 0.5) is 5.82 Å². The number of hydrogen-bond acceptors (Lipinski definition) is 7. The largest absolute Gasteiger partial charge is 0.497 e. The number of ether oxygens (including phenoxy) is 2. The molecule has 0 atom stereocenters. The van der Waals surface area contributed by atoms with Crippen molar-refractivity contribution in [3.8, 4) is 34.3 Å². The molecule has 2 heterocycles. The first-order valence-corrected chi connectivity index (χ1v) is 9.06. The van der Waals surface area contributed by atoms with Gasteiger partial charge in [0.1, 0.15) is 17.3 Å². The Hall–Kier alpha value is -3.87. The van der Waals surface area contributed by atoms with Crippen LogP contribution in [0.5, 0.6) is 11.5 Å². The van der Waals surface area contributed by atoms with Crippen LogP contribution < -0.4 is 14.8 Å². The molecule has 4 rings (SSSR count). The minimum absolute atomic E-state index is 0.419. The quantitative estimate of drug-likeness (QED) is 0.501. The van der Waals surface area contributed by atoms with E-state index in [2.05, 4.69) is 20.4 Å². The van der Waals surface area contributed by atoms with E-state index in [1.165, 1.54) is 0 Å². The number of nitrogens with zero attached hydrogens (tertiary/aromatic N) is 3. The highest BCUT2D eigenvalue weighted by molar-refractivity contribution is 5.60.